The summed E-state index contributed by atoms with van der Waals surface area (Å²) in [5.41, 5.74) is -0.508. The van der Waals surface area contributed by atoms with Gasteiger partial charge in [-0.15, -0.1) is 0 Å². The van der Waals surface area contributed by atoms with Crippen molar-refractivity contribution in [1.29, 1.82) is 0 Å². The van der Waals surface area contributed by atoms with Crippen LogP contribution < -0.4 is 80.3 Å². The van der Waals surface area contributed by atoms with Gasteiger partial charge in [0.1, 0.15) is 11.4 Å². The zero-order chi connectivity index (χ0) is 20.1. The molecule has 0 fully saturated rings. The first-order chi connectivity index (χ1) is 13.1. The minimum atomic E-state index is -5.19. The van der Waals surface area contributed by atoms with E-state index in [1.807, 2.05) is 0 Å². The molecule has 2 aromatic carbocycles. The third-order valence-corrected chi connectivity index (χ3v) is 4.53. The van der Waals surface area contributed by atoms with Crippen LogP contribution >= 0.6 is 0 Å². The van der Waals surface area contributed by atoms with Gasteiger partial charge in [-0.3, -0.25) is 0 Å². The summed E-state index contributed by atoms with van der Waals surface area (Å²) in [7, 11) is -10.4. The SMILES string of the molecule is O=S(=O)([O-])OC1=c2ccccc2=NC1=C1N=c2ccccc2=C1OS(=O)(=O)[O-].[Na+].[Na+]. The minimum Gasteiger partial charge on any atom is -0.716 e. The Morgan fingerprint density at radius 1 is 0.633 bits per heavy atom. The first-order valence-electron chi connectivity index (χ1n) is 7.54. The third-order valence-electron chi connectivity index (χ3n) is 3.79. The fourth-order valence-electron chi connectivity index (χ4n) is 2.82. The standard InChI is InChI=1S/C16H10N2O8S2.2Na/c19-27(20,21)25-15-9-5-1-3-7-11(9)17-13(15)14-16(26-28(22,23)24)10-6-2-4-8-12(10)18-14;;/h1-8H,(H,19,20,21)(H,22,23,24);;/q;2*+1/p-2. The Morgan fingerprint density at radius 2 is 0.967 bits per heavy atom. The zero-order valence-corrected chi connectivity index (χ0v) is 21.2. The fraction of sp³-hybridized carbons (Fsp3) is 0. The van der Waals surface area contributed by atoms with E-state index in [1.54, 1.807) is 24.3 Å². The number of benzene rings is 2. The number of fused-ring (bicyclic) bond motifs is 2. The Bertz CT molecular complexity index is 1400. The quantitative estimate of drug-likeness (QED) is 0.244. The van der Waals surface area contributed by atoms with Crippen LogP contribution in [-0.4, -0.2) is 25.9 Å². The Labute approximate surface area is 214 Å². The maximum Gasteiger partial charge on any atom is 1.00 e. The van der Waals surface area contributed by atoms with Crippen molar-refractivity contribution in [2.75, 3.05) is 0 Å². The molecule has 4 rings (SSSR count). The summed E-state index contributed by atoms with van der Waals surface area (Å²) in [6.07, 6.45) is 0. The van der Waals surface area contributed by atoms with E-state index in [-0.39, 0.29) is 91.7 Å². The van der Waals surface area contributed by atoms with Crippen LogP contribution in [0.3, 0.4) is 0 Å². The van der Waals surface area contributed by atoms with Crippen LogP contribution in [0.25, 0.3) is 11.5 Å². The second kappa shape index (κ2) is 9.20. The topological polar surface area (TPSA) is 158 Å². The zero-order valence-electron chi connectivity index (χ0n) is 15.6. The number of para-hydroxylation sites is 2. The number of nitrogens with zero attached hydrogens (tertiary/aromatic N) is 2. The first kappa shape index (κ1) is 25.2. The third kappa shape index (κ3) is 5.22. The molecular weight excluding hydrogens is 458 g/mol. The van der Waals surface area contributed by atoms with Gasteiger partial charge in [-0.1, -0.05) is 24.3 Å². The molecule has 0 atom stereocenters. The van der Waals surface area contributed by atoms with Crippen LogP contribution in [0, 0.1) is 0 Å². The summed E-state index contributed by atoms with van der Waals surface area (Å²) in [6, 6.07) is 12.3. The average Bonchev–Trinajstić information content (AvgIpc) is 3.11. The van der Waals surface area contributed by atoms with E-state index in [9.17, 15) is 25.9 Å². The fourth-order valence-corrected chi connectivity index (χ4v) is 3.56. The summed E-state index contributed by atoms with van der Waals surface area (Å²) in [4.78, 5) is 8.37. The molecule has 0 aromatic heterocycles. The smallest absolute Gasteiger partial charge is 0.716 e. The van der Waals surface area contributed by atoms with Gasteiger partial charge in [0, 0.05) is 10.4 Å². The Balaban J connectivity index is 0.00000160. The molecule has 2 aliphatic rings. The molecule has 2 aliphatic heterocycles. The first-order valence-corrected chi connectivity index (χ1v) is 10.2. The molecule has 0 saturated carbocycles. The number of hydrogen-bond donors (Lipinski definition) is 0. The molecule has 0 radical (unpaired) electrons. The summed E-state index contributed by atoms with van der Waals surface area (Å²) in [5, 5.41) is 0.887. The van der Waals surface area contributed by atoms with Crippen molar-refractivity contribution in [3.8, 4) is 0 Å². The van der Waals surface area contributed by atoms with E-state index in [2.05, 4.69) is 18.4 Å². The van der Waals surface area contributed by atoms with Crippen molar-refractivity contribution in [2.45, 2.75) is 0 Å². The second-order valence-corrected chi connectivity index (χ2v) is 7.56. The van der Waals surface area contributed by atoms with E-state index >= 15 is 0 Å². The predicted octanol–water partition coefficient (Wildman–Crippen LogP) is -7.96. The Morgan fingerprint density at radius 3 is 1.30 bits per heavy atom. The van der Waals surface area contributed by atoms with Gasteiger partial charge < -0.3 is 17.5 Å². The van der Waals surface area contributed by atoms with Crippen LogP contribution in [0.15, 0.2) is 69.9 Å². The van der Waals surface area contributed by atoms with E-state index in [0.717, 1.165) is 0 Å². The molecule has 0 spiro atoms. The minimum absolute atomic E-state index is 0. The van der Waals surface area contributed by atoms with Crippen LogP contribution in [0.5, 0.6) is 0 Å². The second-order valence-electron chi connectivity index (χ2n) is 5.60. The van der Waals surface area contributed by atoms with Crippen molar-refractivity contribution in [3.05, 3.63) is 81.1 Å². The van der Waals surface area contributed by atoms with Gasteiger partial charge in [0.25, 0.3) is 20.8 Å². The van der Waals surface area contributed by atoms with E-state index in [1.165, 1.54) is 24.3 Å². The summed E-state index contributed by atoms with van der Waals surface area (Å²) in [6.45, 7) is 0. The summed E-state index contributed by atoms with van der Waals surface area (Å²) < 4.78 is 76.4. The molecule has 0 bridgehead atoms. The number of hydrogen-bond acceptors (Lipinski definition) is 10. The average molecular weight is 466 g/mol. The van der Waals surface area contributed by atoms with Crippen molar-refractivity contribution in [1.82, 2.24) is 0 Å². The molecule has 0 aliphatic carbocycles. The van der Waals surface area contributed by atoms with Gasteiger partial charge in [0.2, 0.25) is 0 Å². The van der Waals surface area contributed by atoms with E-state index in [4.69, 9.17) is 0 Å². The predicted molar refractivity (Wildman–Crippen MR) is 89.9 cm³/mol. The van der Waals surface area contributed by atoms with Gasteiger partial charge in [-0.25, -0.2) is 26.8 Å². The van der Waals surface area contributed by atoms with Crippen molar-refractivity contribution < 1.29 is 93.4 Å². The van der Waals surface area contributed by atoms with Crippen LogP contribution in [0.1, 0.15) is 0 Å². The van der Waals surface area contributed by atoms with Crippen molar-refractivity contribution >= 4 is 32.3 Å². The molecule has 0 amide bonds. The van der Waals surface area contributed by atoms with Gasteiger partial charge in [0.05, 0.1) is 10.7 Å². The van der Waals surface area contributed by atoms with Gasteiger partial charge >= 0.3 is 59.1 Å². The summed E-state index contributed by atoms with van der Waals surface area (Å²) >= 11 is 0. The molecule has 0 N–H and O–H groups in total. The molecule has 14 heteroatoms. The van der Waals surface area contributed by atoms with E-state index < -0.39 is 32.3 Å². The van der Waals surface area contributed by atoms with Crippen LogP contribution in [-0.2, 0) is 29.2 Å². The molecule has 10 nitrogen and oxygen atoms in total. The maximum atomic E-state index is 11.2. The summed E-state index contributed by atoms with van der Waals surface area (Å²) in [5.74, 6) is -0.886. The molecule has 0 saturated heterocycles. The molecule has 30 heavy (non-hydrogen) atoms. The maximum absolute atomic E-state index is 11.2. The molecule has 0 unspecified atom stereocenters. The van der Waals surface area contributed by atoms with Gasteiger partial charge in [-0.05, 0) is 24.3 Å². The number of rotatable bonds is 4. The van der Waals surface area contributed by atoms with E-state index in [0.29, 0.717) is 0 Å². The Kier molecular flexibility index (Phi) is 7.73. The molecule has 2 aromatic rings. The van der Waals surface area contributed by atoms with Crippen LogP contribution in [0.4, 0.5) is 0 Å². The molecular formula is C16H8N2Na2O8S2. The van der Waals surface area contributed by atoms with Gasteiger partial charge in [0.15, 0.2) is 11.5 Å². The monoisotopic (exact) mass is 466 g/mol. The largest absolute Gasteiger partial charge is 1.00 e. The molecule has 144 valence electrons. The van der Waals surface area contributed by atoms with Gasteiger partial charge in [-0.2, -0.15) is 0 Å². The molecule has 2 heterocycles. The van der Waals surface area contributed by atoms with Crippen molar-refractivity contribution in [3.63, 3.8) is 0 Å². The van der Waals surface area contributed by atoms with Crippen LogP contribution in [0.2, 0.25) is 0 Å². The Hall–Kier alpha value is -1.06. The van der Waals surface area contributed by atoms with Crippen molar-refractivity contribution in [2.24, 2.45) is 9.98 Å². The normalized spacial score (nSPS) is 17.0.